The summed E-state index contributed by atoms with van der Waals surface area (Å²) in [6, 6.07) is 17.7. The number of hydrogen-bond donors (Lipinski definition) is 2. The fourth-order valence-electron chi connectivity index (χ4n) is 4.11. The van der Waals surface area contributed by atoms with Crippen LogP contribution in [0.1, 0.15) is 17.2 Å². The van der Waals surface area contributed by atoms with Crippen molar-refractivity contribution in [3.63, 3.8) is 0 Å². The van der Waals surface area contributed by atoms with Crippen molar-refractivity contribution in [3.05, 3.63) is 90.0 Å². The van der Waals surface area contributed by atoms with Crippen molar-refractivity contribution in [1.82, 2.24) is 15.2 Å². The van der Waals surface area contributed by atoms with E-state index in [0.717, 1.165) is 11.1 Å². The molecule has 2 amide bonds. The number of benzene rings is 2. The monoisotopic (exact) mass is 461 g/mol. The molecule has 0 radical (unpaired) electrons. The molecule has 1 atom stereocenters. The van der Waals surface area contributed by atoms with Crippen molar-refractivity contribution in [2.24, 2.45) is 0 Å². The number of pyridine rings is 1. The van der Waals surface area contributed by atoms with Crippen LogP contribution in [-0.4, -0.2) is 54.4 Å². The number of halogens is 1. The molecule has 1 fully saturated rings. The zero-order valence-electron chi connectivity index (χ0n) is 19.1. The van der Waals surface area contributed by atoms with E-state index in [-0.39, 0.29) is 18.4 Å². The van der Waals surface area contributed by atoms with Gasteiger partial charge in [-0.2, -0.15) is 0 Å². The van der Waals surface area contributed by atoms with Gasteiger partial charge in [-0.1, -0.05) is 35.9 Å². The van der Waals surface area contributed by atoms with Crippen LogP contribution in [0, 0.1) is 12.7 Å². The first kappa shape index (κ1) is 23.4. The highest BCUT2D eigenvalue weighted by molar-refractivity contribution is 6.39. The van der Waals surface area contributed by atoms with Gasteiger partial charge in [-0.05, 0) is 42.8 Å². The smallest absolute Gasteiger partial charge is 0.313 e. The molecule has 1 unspecified atom stereocenters. The summed E-state index contributed by atoms with van der Waals surface area (Å²) in [5.41, 5.74) is 3.18. The summed E-state index contributed by atoms with van der Waals surface area (Å²) in [4.78, 5) is 33.3. The predicted molar refractivity (Wildman–Crippen MR) is 130 cm³/mol. The number of amides is 2. The van der Waals surface area contributed by atoms with Crippen LogP contribution in [0.4, 0.5) is 15.8 Å². The van der Waals surface area contributed by atoms with Crippen LogP contribution in [0.25, 0.3) is 0 Å². The summed E-state index contributed by atoms with van der Waals surface area (Å²) < 4.78 is 14.2. The number of para-hydroxylation sites is 1. The Kier molecular flexibility index (Phi) is 7.49. The fourth-order valence-corrected chi connectivity index (χ4v) is 4.11. The summed E-state index contributed by atoms with van der Waals surface area (Å²) in [6.45, 7) is 4.87. The van der Waals surface area contributed by atoms with Crippen LogP contribution < -0.4 is 15.5 Å². The van der Waals surface area contributed by atoms with E-state index in [0.29, 0.717) is 37.6 Å². The number of nitrogens with one attached hydrogen (secondary N) is 2. The molecule has 7 nitrogen and oxygen atoms in total. The third-order valence-electron chi connectivity index (χ3n) is 5.99. The highest BCUT2D eigenvalue weighted by Gasteiger charge is 2.27. The molecule has 34 heavy (non-hydrogen) atoms. The second kappa shape index (κ2) is 10.9. The number of piperazine rings is 1. The Labute approximate surface area is 198 Å². The van der Waals surface area contributed by atoms with Gasteiger partial charge in [0.15, 0.2) is 0 Å². The van der Waals surface area contributed by atoms with Crippen LogP contribution in [0.2, 0.25) is 0 Å². The van der Waals surface area contributed by atoms with E-state index in [1.807, 2.05) is 42.2 Å². The number of carbonyl (C=O) groups is 2. The van der Waals surface area contributed by atoms with E-state index in [1.165, 1.54) is 6.07 Å². The van der Waals surface area contributed by atoms with Gasteiger partial charge in [0, 0.05) is 50.8 Å². The first-order valence-electron chi connectivity index (χ1n) is 11.3. The summed E-state index contributed by atoms with van der Waals surface area (Å²) in [5.74, 6) is -1.63. The molecule has 2 heterocycles. The van der Waals surface area contributed by atoms with E-state index >= 15 is 0 Å². The van der Waals surface area contributed by atoms with Crippen molar-refractivity contribution in [3.8, 4) is 0 Å². The molecule has 3 aromatic rings. The lowest BCUT2D eigenvalue weighted by atomic mass is 10.1. The Bertz CT molecular complexity index is 1120. The van der Waals surface area contributed by atoms with Crippen LogP contribution in [0.3, 0.4) is 0 Å². The van der Waals surface area contributed by atoms with Gasteiger partial charge in [-0.3, -0.25) is 19.5 Å². The third-order valence-corrected chi connectivity index (χ3v) is 5.99. The Balaban J connectivity index is 1.39. The molecule has 0 spiro atoms. The van der Waals surface area contributed by atoms with E-state index in [2.05, 4.69) is 20.5 Å². The molecule has 1 aromatic heterocycles. The van der Waals surface area contributed by atoms with Gasteiger partial charge in [0.2, 0.25) is 0 Å². The second-order valence-corrected chi connectivity index (χ2v) is 8.31. The van der Waals surface area contributed by atoms with E-state index < -0.39 is 11.8 Å². The van der Waals surface area contributed by atoms with Crippen LogP contribution in [0.5, 0.6) is 0 Å². The van der Waals surface area contributed by atoms with E-state index in [1.54, 1.807) is 36.7 Å². The topological polar surface area (TPSA) is 77.6 Å². The number of rotatable bonds is 6. The first-order valence-corrected chi connectivity index (χ1v) is 11.3. The lowest BCUT2D eigenvalue weighted by Crippen LogP contribution is -2.50. The van der Waals surface area contributed by atoms with Gasteiger partial charge >= 0.3 is 11.8 Å². The highest BCUT2D eigenvalue weighted by Crippen LogP contribution is 2.25. The molecule has 1 aliphatic heterocycles. The second-order valence-electron chi connectivity index (χ2n) is 8.31. The number of aromatic nitrogens is 1. The zero-order valence-corrected chi connectivity index (χ0v) is 19.1. The molecule has 1 saturated heterocycles. The average Bonchev–Trinajstić information content (AvgIpc) is 2.87. The van der Waals surface area contributed by atoms with Gasteiger partial charge in [0.05, 0.1) is 11.7 Å². The maximum atomic E-state index is 14.2. The molecule has 2 aromatic carbocycles. The SMILES string of the molecule is Cc1ccc(NC(=O)C(=O)NCC(c2cccnc2)N2CCN(c3ccccc3F)CC2)cc1. The number of anilines is 2. The van der Waals surface area contributed by atoms with Crippen LogP contribution in [-0.2, 0) is 9.59 Å². The lowest BCUT2D eigenvalue weighted by Gasteiger charge is -2.40. The zero-order chi connectivity index (χ0) is 23.9. The lowest BCUT2D eigenvalue weighted by molar-refractivity contribution is -0.136. The molecule has 4 rings (SSSR count). The van der Waals surface area contributed by atoms with Gasteiger partial charge < -0.3 is 15.5 Å². The fraction of sp³-hybridized carbons (Fsp3) is 0.269. The minimum atomic E-state index is -0.710. The highest BCUT2D eigenvalue weighted by atomic mass is 19.1. The molecule has 0 bridgehead atoms. The molecule has 2 N–H and O–H groups in total. The van der Waals surface area contributed by atoms with Crippen molar-refractivity contribution < 1.29 is 14.0 Å². The molecular formula is C26H28FN5O2. The minimum absolute atomic E-state index is 0.160. The summed E-state index contributed by atoms with van der Waals surface area (Å²) in [5, 5.41) is 5.39. The molecule has 176 valence electrons. The number of aryl methyl sites for hydroxylation is 1. The largest absolute Gasteiger partial charge is 0.367 e. The van der Waals surface area contributed by atoms with E-state index in [4.69, 9.17) is 0 Å². The average molecular weight is 462 g/mol. The first-order chi connectivity index (χ1) is 16.5. The molecule has 0 saturated carbocycles. The van der Waals surface area contributed by atoms with Crippen LogP contribution in [0.15, 0.2) is 73.1 Å². The van der Waals surface area contributed by atoms with E-state index in [9.17, 15) is 14.0 Å². The maximum Gasteiger partial charge on any atom is 0.313 e. The molecular weight excluding hydrogens is 433 g/mol. The van der Waals surface area contributed by atoms with Gasteiger partial charge in [-0.15, -0.1) is 0 Å². The van der Waals surface area contributed by atoms with Gasteiger partial charge in [-0.25, -0.2) is 4.39 Å². The predicted octanol–water partition coefficient (Wildman–Crippen LogP) is 3.15. The Hall–Kier alpha value is -3.78. The molecule has 8 heteroatoms. The summed E-state index contributed by atoms with van der Waals surface area (Å²) >= 11 is 0. The quantitative estimate of drug-likeness (QED) is 0.552. The normalized spacial score (nSPS) is 14.9. The Morgan fingerprint density at radius 2 is 1.71 bits per heavy atom. The maximum absolute atomic E-state index is 14.2. The van der Waals surface area contributed by atoms with Gasteiger partial charge in [0.1, 0.15) is 5.82 Å². The Morgan fingerprint density at radius 3 is 2.38 bits per heavy atom. The van der Waals surface area contributed by atoms with Crippen molar-refractivity contribution in [1.29, 1.82) is 0 Å². The Morgan fingerprint density at radius 1 is 0.971 bits per heavy atom. The van der Waals surface area contributed by atoms with Crippen molar-refractivity contribution in [2.45, 2.75) is 13.0 Å². The summed E-state index contributed by atoms with van der Waals surface area (Å²) in [7, 11) is 0. The minimum Gasteiger partial charge on any atom is -0.367 e. The molecule has 0 aliphatic carbocycles. The number of nitrogens with zero attached hydrogens (tertiary/aromatic N) is 3. The summed E-state index contributed by atoms with van der Waals surface area (Å²) in [6.07, 6.45) is 3.47. The number of hydrogen-bond acceptors (Lipinski definition) is 5. The molecule has 1 aliphatic rings. The third kappa shape index (κ3) is 5.77. The van der Waals surface area contributed by atoms with Crippen molar-refractivity contribution >= 4 is 23.2 Å². The standard InChI is InChI=1S/C26H28FN5O2/c1-19-8-10-21(11-9-19)30-26(34)25(33)29-18-24(20-5-4-12-28-17-20)32-15-13-31(14-16-32)23-7-3-2-6-22(23)27/h2-12,17,24H,13-16,18H2,1H3,(H,29,33)(H,30,34). The van der Waals surface area contributed by atoms with Crippen molar-refractivity contribution in [2.75, 3.05) is 42.9 Å². The van der Waals surface area contributed by atoms with Crippen LogP contribution >= 0.6 is 0 Å². The van der Waals surface area contributed by atoms with Gasteiger partial charge in [0.25, 0.3) is 0 Å². The number of carbonyl (C=O) groups excluding carboxylic acids is 2.